The van der Waals surface area contributed by atoms with Crippen LogP contribution in [0.1, 0.15) is 55.9 Å². The first-order chi connectivity index (χ1) is 15.2. The van der Waals surface area contributed by atoms with Crippen molar-refractivity contribution in [2.75, 3.05) is 6.61 Å². The van der Waals surface area contributed by atoms with E-state index in [9.17, 15) is 4.79 Å². The number of carbonyl (C=O) groups is 1. The molecule has 0 aliphatic heterocycles. The number of ether oxygens (including phenoxy) is 1. The molecule has 1 saturated carbocycles. The molecular weight excluding hydrogens is 474 g/mol. The van der Waals surface area contributed by atoms with Gasteiger partial charge in [-0.25, -0.2) is 0 Å². The van der Waals surface area contributed by atoms with E-state index in [0.717, 1.165) is 39.4 Å². The number of carbonyl (C=O) groups excluding carboxylic acids is 1. The first-order valence-corrected chi connectivity index (χ1v) is 12.4. The average molecular weight is 500 g/mol. The van der Waals surface area contributed by atoms with Crippen LogP contribution in [0.4, 0.5) is 0 Å². The normalized spacial score (nSPS) is 15.5. The zero-order valence-corrected chi connectivity index (χ0v) is 19.9. The van der Waals surface area contributed by atoms with Gasteiger partial charge in [0.05, 0.1) is 6.61 Å². The van der Waals surface area contributed by atoms with E-state index in [4.69, 9.17) is 4.74 Å². The van der Waals surface area contributed by atoms with Crippen LogP contribution in [-0.2, 0) is 9.53 Å². The van der Waals surface area contributed by atoms with Crippen LogP contribution in [0.3, 0.4) is 0 Å². The fourth-order valence-electron chi connectivity index (χ4n) is 4.03. The van der Waals surface area contributed by atoms with Crippen LogP contribution in [0.5, 0.6) is 0 Å². The predicted octanol–water partition coefficient (Wildman–Crippen LogP) is 6.61. The van der Waals surface area contributed by atoms with E-state index >= 15 is 0 Å². The molecule has 0 spiro atoms. The summed E-state index contributed by atoms with van der Waals surface area (Å²) in [7, 11) is 0. The first-order valence-electron chi connectivity index (χ1n) is 10.8. The lowest BCUT2D eigenvalue weighted by Crippen LogP contribution is -2.17. The second kappa shape index (κ2) is 10.5. The maximum absolute atomic E-state index is 12.8. The third kappa shape index (κ3) is 5.21. The highest BCUT2D eigenvalue weighted by molar-refractivity contribution is 9.10. The highest BCUT2D eigenvalue weighted by Gasteiger charge is 2.30. The molecule has 0 radical (unpaired) electrons. The molecule has 0 saturated heterocycles. The van der Waals surface area contributed by atoms with Crippen molar-refractivity contribution in [1.29, 1.82) is 0 Å². The van der Waals surface area contributed by atoms with Crippen molar-refractivity contribution in [2.24, 2.45) is 0 Å². The third-order valence-corrected chi connectivity index (χ3v) is 7.25. The molecule has 5 nitrogen and oxygen atoms in total. The van der Waals surface area contributed by atoms with E-state index in [2.05, 4.69) is 42.8 Å². The Hall–Kier alpha value is -2.12. The van der Waals surface area contributed by atoms with Gasteiger partial charge in [-0.15, -0.1) is 10.2 Å². The quantitative estimate of drug-likeness (QED) is 0.270. The van der Waals surface area contributed by atoms with Gasteiger partial charge in [0.25, 0.3) is 0 Å². The summed E-state index contributed by atoms with van der Waals surface area (Å²) in [6.07, 6.45) is 5.87. The Labute approximate surface area is 195 Å². The van der Waals surface area contributed by atoms with Gasteiger partial charge in [-0.3, -0.25) is 9.36 Å². The van der Waals surface area contributed by atoms with E-state index in [0.29, 0.717) is 12.6 Å². The molecule has 1 aliphatic carbocycles. The van der Waals surface area contributed by atoms with Crippen LogP contribution in [-0.4, -0.2) is 27.3 Å². The lowest BCUT2D eigenvalue weighted by Gasteiger charge is -2.26. The maximum Gasteiger partial charge on any atom is 0.324 e. The fourth-order valence-corrected chi connectivity index (χ4v) is 5.39. The van der Waals surface area contributed by atoms with E-state index < -0.39 is 5.25 Å². The molecular formula is C24H26BrN3O2S. The highest BCUT2D eigenvalue weighted by atomic mass is 79.9. The predicted molar refractivity (Wildman–Crippen MR) is 127 cm³/mol. The van der Waals surface area contributed by atoms with Crippen molar-refractivity contribution in [2.45, 2.75) is 55.5 Å². The molecule has 1 aromatic heterocycles. The van der Waals surface area contributed by atoms with Gasteiger partial charge in [-0.2, -0.15) is 0 Å². The summed E-state index contributed by atoms with van der Waals surface area (Å²) in [5, 5.41) is 9.41. The SMILES string of the molecule is CCOC(=O)C(Sc1nnc(-c2ccc(Br)cc2)n1C1CCCCC1)c1ccccc1. The van der Waals surface area contributed by atoms with E-state index in [-0.39, 0.29) is 5.97 Å². The van der Waals surface area contributed by atoms with Crippen LogP contribution in [0.25, 0.3) is 11.4 Å². The lowest BCUT2D eigenvalue weighted by molar-refractivity contribution is -0.142. The summed E-state index contributed by atoms with van der Waals surface area (Å²) in [4.78, 5) is 12.8. The molecule has 1 heterocycles. The van der Waals surface area contributed by atoms with Gasteiger partial charge < -0.3 is 4.74 Å². The molecule has 4 rings (SSSR count). The van der Waals surface area contributed by atoms with Gasteiger partial charge >= 0.3 is 5.97 Å². The largest absolute Gasteiger partial charge is 0.465 e. The summed E-state index contributed by atoms with van der Waals surface area (Å²) in [6, 6.07) is 18.3. The number of rotatable bonds is 7. The van der Waals surface area contributed by atoms with Crippen LogP contribution in [0.2, 0.25) is 0 Å². The van der Waals surface area contributed by atoms with Crippen molar-refractivity contribution >= 4 is 33.7 Å². The lowest BCUT2D eigenvalue weighted by atomic mass is 9.95. The molecule has 0 N–H and O–H groups in total. The molecule has 1 aliphatic rings. The van der Waals surface area contributed by atoms with Crippen molar-refractivity contribution in [3.63, 3.8) is 0 Å². The van der Waals surface area contributed by atoms with Crippen molar-refractivity contribution < 1.29 is 9.53 Å². The minimum Gasteiger partial charge on any atom is -0.465 e. The smallest absolute Gasteiger partial charge is 0.324 e. The van der Waals surface area contributed by atoms with E-state index in [1.165, 1.54) is 31.0 Å². The Morgan fingerprint density at radius 2 is 1.81 bits per heavy atom. The fraction of sp³-hybridized carbons (Fsp3) is 0.375. The van der Waals surface area contributed by atoms with E-state index in [1.54, 1.807) is 0 Å². The van der Waals surface area contributed by atoms with E-state index in [1.807, 2.05) is 49.4 Å². The van der Waals surface area contributed by atoms with Gasteiger partial charge in [0.1, 0.15) is 5.25 Å². The summed E-state index contributed by atoms with van der Waals surface area (Å²) in [5.41, 5.74) is 1.94. The highest BCUT2D eigenvalue weighted by Crippen LogP contribution is 2.41. The van der Waals surface area contributed by atoms with Crippen LogP contribution in [0.15, 0.2) is 64.2 Å². The Morgan fingerprint density at radius 1 is 1.10 bits per heavy atom. The average Bonchev–Trinajstić information content (AvgIpc) is 3.23. The number of hydrogen-bond donors (Lipinski definition) is 0. The maximum atomic E-state index is 12.8. The van der Waals surface area contributed by atoms with Crippen LogP contribution < -0.4 is 0 Å². The summed E-state index contributed by atoms with van der Waals surface area (Å²) in [5.74, 6) is 0.611. The van der Waals surface area contributed by atoms with Gasteiger partial charge in [-0.05, 0) is 37.5 Å². The molecule has 162 valence electrons. The van der Waals surface area contributed by atoms with Crippen molar-refractivity contribution in [3.05, 3.63) is 64.6 Å². The standard InChI is InChI=1S/C24H26BrN3O2S/c1-2-30-23(29)21(17-9-5-3-6-10-17)31-24-27-26-22(18-13-15-19(25)16-14-18)28(24)20-11-7-4-8-12-20/h3,5-6,9-10,13-16,20-21H,2,4,7-8,11-12H2,1H3. The number of benzene rings is 2. The molecule has 1 atom stereocenters. The van der Waals surface area contributed by atoms with Crippen molar-refractivity contribution in [3.8, 4) is 11.4 Å². The number of hydrogen-bond acceptors (Lipinski definition) is 5. The Morgan fingerprint density at radius 3 is 2.48 bits per heavy atom. The summed E-state index contributed by atoms with van der Waals surface area (Å²) in [6.45, 7) is 2.18. The zero-order chi connectivity index (χ0) is 21.6. The Kier molecular flexibility index (Phi) is 7.45. The van der Waals surface area contributed by atoms with Gasteiger partial charge in [-0.1, -0.05) is 89.4 Å². The minimum absolute atomic E-state index is 0.248. The van der Waals surface area contributed by atoms with Gasteiger partial charge in [0.2, 0.25) is 0 Å². The molecule has 7 heteroatoms. The third-order valence-electron chi connectivity index (χ3n) is 5.53. The number of esters is 1. The Balaban J connectivity index is 1.74. The molecule has 0 amide bonds. The molecule has 1 fully saturated rings. The molecule has 31 heavy (non-hydrogen) atoms. The molecule has 0 bridgehead atoms. The molecule has 1 unspecified atom stereocenters. The summed E-state index contributed by atoms with van der Waals surface area (Å²) >= 11 is 4.94. The molecule has 3 aromatic rings. The van der Waals surface area contributed by atoms with Crippen molar-refractivity contribution in [1.82, 2.24) is 14.8 Å². The Bertz CT molecular complexity index is 1000. The molecule has 2 aromatic carbocycles. The monoisotopic (exact) mass is 499 g/mol. The van der Waals surface area contributed by atoms with Crippen LogP contribution in [0, 0.1) is 0 Å². The second-order valence-corrected chi connectivity index (χ2v) is 9.62. The zero-order valence-electron chi connectivity index (χ0n) is 17.5. The number of thioether (sulfide) groups is 1. The minimum atomic E-state index is -0.481. The second-order valence-electron chi connectivity index (χ2n) is 7.64. The topological polar surface area (TPSA) is 57.0 Å². The number of halogens is 1. The van der Waals surface area contributed by atoms with Crippen LogP contribution >= 0.6 is 27.7 Å². The number of nitrogens with zero attached hydrogens (tertiary/aromatic N) is 3. The first kappa shape index (κ1) is 22.1. The van der Waals surface area contributed by atoms with Gasteiger partial charge in [0.15, 0.2) is 11.0 Å². The van der Waals surface area contributed by atoms with Gasteiger partial charge in [0, 0.05) is 16.1 Å². The number of aromatic nitrogens is 3. The summed E-state index contributed by atoms with van der Waals surface area (Å²) < 4.78 is 8.68.